The highest BCUT2D eigenvalue weighted by Gasteiger charge is 2.47. The Bertz CT molecular complexity index is 818. The number of benzene rings is 2. The smallest absolute Gasteiger partial charge is 0.358 e. The summed E-state index contributed by atoms with van der Waals surface area (Å²) in [7, 11) is 0. The molecule has 0 spiro atoms. The third kappa shape index (κ3) is 5.70. The molecule has 29 heavy (non-hydrogen) atoms. The largest absolute Gasteiger partial charge is 0.462 e. The van der Waals surface area contributed by atoms with Gasteiger partial charge in [-0.1, -0.05) is 23.2 Å². The molecular weight excluding hydrogens is 443 g/mol. The van der Waals surface area contributed by atoms with E-state index in [2.05, 4.69) is 0 Å². The maximum Gasteiger partial charge on any atom is 0.358 e. The van der Waals surface area contributed by atoms with Crippen LogP contribution in [0, 0.1) is 0 Å². The van der Waals surface area contributed by atoms with E-state index in [-0.39, 0.29) is 5.24 Å². The molecule has 1 heterocycles. The molecule has 0 aromatic heterocycles. The van der Waals surface area contributed by atoms with Crippen LogP contribution in [0.2, 0.25) is 10.0 Å². The maximum atomic E-state index is 10.6. The van der Waals surface area contributed by atoms with Crippen molar-refractivity contribution < 1.29 is 34.3 Å². The van der Waals surface area contributed by atoms with Crippen molar-refractivity contribution >= 4 is 40.7 Å². The minimum Gasteiger partial charge on any atom is -0.462 e. The van der Waals surface area contributed by atoms with E-state index in [1.165, 1.54) is 0 Å². The van der Waals surface area contributed by atoms with Crippen LogP contribution >= 0.6 is 35.4 Å². The van der Waals surface area contributed by atoms with Crippen molar-refractivity contribution in [3.8, 4) is 11.5 Å². The molecule has 2 aromatic carbocycles. The summed E-state index contributed by atoms with van der Waals surface area (Å²) in [6, 6.07) is 12.8. The first-order chi connectivity index (χ1) is 13.9. The molecule has 10 heteroatoms. The Kier molecular flexibility index (Phi) is 7.53. The highest BCUT2D eigenvalue weighted by Crippen LogP contribution is 2.27. The van der Waals surface area contributed by atoms with Gasteiger partial charge in [-0.2, -0.15) is 0 Å². The van der Waals surface area contributed by atoms with Crippen LogP contribution in [-0.2, 0) is 9.47 Å². The van der Waals surface area contributed by atoms with Crippen LogP contribution < -0.4 is 9.47 Å². The van der Waals surface area contributed by atoms with Crippen molar-refractivity contribution in [3.05, 3.63) is 58.6 Å². The predicted octanol–water partition coefficient (Wildman–Crippen LogP) is 2.56. The lowest BCUT2D eigenvalue weighted by Crippen LogP contribution is -2.61. The van der Waals surface area contributed by atoms with Crippen molar-refractivity contribution in [3.63, 3.8) is 0 Å². The quantitative estimate of drug-likeness (QED) is 0.585. The van der Waals surface area contributed by atoms with Gasteiger partial charge in [0.15, 0.2) is 12.2 Å². The lowest BCUT2D eigenvalue weighted by atomic mass is 9.99. The van der Waals surface area contributed by atoms with Gasteiger partial charge in [-0.05, 0) is 48.5 Å². The van der Waals surface area contributed by atoms with Gasteiger partial charge in [0.1, 0.15) is 23.7 Å². The summed E-state index contributed by atoms with van der Waals surface area (Å²) in [6.45, 7) is -0.529. The van der Waals surface area contributed by atoms with Gasteiger partial charge in [-0.15, -0.1) is 0 Å². The molecule has 156 valence electrons. The summed E-state index contributed by atoms with van der Waals surface area (Å²) in [4.78, 5) is 0. The zero-order chi connectivity index (χ0) is 21.0. The molecule has 5 atom stereocenters. The van der Waals surface area contributed by atoms with Crippen LogP contribution in [-0.4, -0.2) is 57.9 Å². The Morgan fingerprint density at radius 2 is 1.48 bits per heavy atom. The summed E-state index contributed by atoms with van der Waals surface area (Å²) in [5.74, 6) is 0.730. The minimum absolute atomic E-state index is 0.334. The van der Waals surface area contributed by atoms with Gasteiger partial charge >= 0.3 is 5.24 Å². The lowest BCUT2D eigenvalue weighted by Gasteiger charge is -2.41. The van der Waals surface area contributed by atoms with Crippen LogP contribution in [0.15, 0.2) is 48.5 Å². The fraction of sp³-hybridized carbons (Fsp3) is 0.316. The van der Waals surface area contributed by atoms with E-state index in [0.29, 0.717) is 21.5 Å². The normalized spacial score (nSPS) is 26.6. The zero-order valence-corrected chi connectivity index (χ0v) is 17.2. The van der Waals surface area contributed by atoms with Crippen LogP contribution in [0.4, 0.5) is 0 Å². The SMILES string of the molecule is OC[C@H]1O[C@H](Oc2ccc(Cl)cc2)[C@@H](O)[C@@H](OC(=S)Oc2ccc(Cl)cc2)[C@@H]1O. The number of hydrogen-bond donors (Lipinski definition) is 3. The zero-order valence-electron chi connectivity index (χ0n) is 14.9. The van der Waals surface area contributed by atoms with Gasteiger partial charge < -0.3 is 34.3 Å². The number of aliphatic hydroxyl groups excluding tert-OH is 3. The molecule has 3 N–H and O–H groups in total. The second kappa shape index (κ2) is 9.90. The minimum atomic E-state index is -1.43. The maximum absolute atomic E-state index is 10.6. The van der Waals surface area contributed by atoms with E-state index in [1.54, 1.807) is 48.5 Å². The molecule has 0 aliphatic carbocycles. The second-order valence-corrected chi connectivity index (χ2v) is 7.37. The molecular formula is C19H18Cl2O7S. The van der Waals surface area contributed by atoms with E-state index >= 15 is 0 Å². The average Bonchev–Trinajstić information content (AvgIpc) is 2.70. The van der Waals surface area contributed by atoms with Gasteiger partial charge in [0, 0.05) is 22.3 Å². The number of hydrogen-bond acceptors (Lipinski definition) is 8. The Balaban J connectivity index is 1.70. The fourth-order valence-corrected chi connectivity index (χ4v) is 3.13. The van der Waals surface area contributed by atoms with Gasteiger partial charge in [-0.3, -0.25) is 0 Å². The van der Waals surface area contributed by atoms with Gasteiger partial charge in [-0.25, -0.2) is 0 Å². The Morgan fingerprint density at radius 3 is 2.03 bits per heavy atom. The summed E-state index contributed by atoms with van der Waals surface area (Å²) in [5.41, 5.74) is 0. The Labute approximate surface area is 182 Å². The van der Waals surface area contributed by atoms with Crippen LogP contribution in [0.1, 0.15) is 0 Å². The molecule has 1 fully saturated rings. The van der Waals surface area contributed by atoms with Crippen molar-refractivity contribution in [2.45, 2.75) is 30.7 Å². The highest BCUT2D eigenvalue weighted by atomic mass is 35.5. The molecule has 7 nitrogen and oxygen atoms in total. The number of ether oxygens (including phenoxy) is 4. The number of rotatable bonds is 5. The second-order valence-electron chi connectivity index (χ2n) is 6.17. The summed E-state index contributed by atoms with van der Waals surface area (Å²) < 4.78 is 21.9. The molecule has 0 amide bonds. The first-order valence-corrected chi connectivity index (χ1v) is 9.72. The van der Waals surface area contributed by atoms with Crippen molar-refractivity contribution in [2.24, 2.45) is 0 Å². The summed E-state index contributed by atoms with van der Waals surface area (Å²) in [6.07, 6.45) is -6.39. The third-order valence-corrected chi connectivity index (χ3v) is 4.82. The summed E-state index contributed by atoms with van der Waals surface area (Å²) in [5, 5.41) is 31.2. The molecule has 0 bridgehead atoms. The standard InChI is InChI=1S/C19H18Cl2O7S/c20-10-1-5-12(6-2-10)25-18-16(24)17(15(23)14(9-22)27-18)28-19(29)26-13-7-3-11(21)4-8-13/h1-8,14-18,22-24H,9H2/t14-,15-,16+,17+,18+/m1/s1. The lowest BCUT2D eigenvalue weighted by molar-refractivity contribution is -0.275. The first-order valence-electron chi connectivity index (χ1n) is 8.56. The monoisotopic (exact) mass is 460 g/mol. The van der Waals surface area contributed by atoms with E-state index in [1.807, 2.05) is 0 Å². The Hall–Kier alpha value is -1.65. The van der Waals surface area contributed by atoms with E-state index in [0.717, 1.165) is 0 Å². The molecule has 3 rings (SSSR count). The molecule has 0 unspecified atom stereocenters. The predicted molar refractivity (Wildman–Crippen MR) is 109 cm³/mol. The van der Waals surface area contributed by atoms with E-state index in [9.17, 15) is 15.3 Å². The van der Waals surface area contributed by atoms with Crippen LogP contribution in [0.5, 0.6) is 11.5 Å². The first kappa shape index (κ1) is 22.0. The van der Waals surface area contributed by atoms with Crippen LogP contribution in [0.25, 0.3) is 0 Å². The van der Waals surface area contributed by atoms with Gasteiger partial charge in [0.05, 0.1) is 6.61 Å². The van der Waals surface area contributed by atoms with E-state index in [4.69, 9.17) is 54.4 Å². The summed E-state index contributed by atoms with van der Waals surface area (Å²) >= 11 is 16.7. The number of aliphatic hydroxyl groups is 3. The number of thiocarbonyl (C=S) groups is 1. The molecule has 1 aliphatic rings. The molecule has 1 aliphatic heterocycles. The van der Waals surface area contributed by atoms with Crippen molar-refractivity contribution in [2.75, 3.05) is 6.61 Å². The van der Waals surface area contributed by atoms with Crippen molar-refractivity contribution in [1.82, 2.24) is 0 Å². The van der Waals surface area contributed by atoms with Gasteiger partial charge in [0.25, 0.3) is 0 Å². The molecule has 0 saturated carbocycles. The topological polar surface area (TPSA) is 97.6 Å². The molecule has 2 aromatic rings. The molecule has 0 radical (unpaired) electrons. The van der Waals surface area contributed by atoms with Gasteiger partial charge in [0.2, 0.25) is 6.29 Å². The fourth-order valence-electron chi connectivity index (χ4n) is 2.67. The molecule has 1 saturated heterocycles. The average molecular weight is 461 g/mol. The van der Waals surface area contributed by atoms with E-state index < -0.39 is 37.3 Å². The Morgan fingerprint density at radius 1 is 0.931 bits per heavy atom. The number of halogens is 2. The third-order valence-electron chi connectivity index (χ3n) is 4.13. The van der Waals surface area contributed by atoms with Crippen molar-refractivity contribution in [1.29, 1.82) is 0 Å². The highest BCUT2D eigenvalue weighted by molar-refractivity contribution is 7.79. The van der Waals surface area contributed by atoms with Crippen LogP contribution in [0.3, 0.4) is 0 Å².